The van der Waals surface area contributed by atoms with Crippen molar-refractivity contribution in [1.82, 2.24) is 14.7 Å². The van der Waals surface area contributed by atoms with E-state index in [1.165, 1.54) is 12.1 Å². The molecule has 7 nitrogen and oxygen atoms in total. The highest BCUT2D eigenvalue weighted by atomic mass is 19.1. The Morgan fingerprint density at radius 1 is 1.00 bits per heavy atom. The van der Waals surface area contributed by atoms with Crippen molar-refractivity contribution in [3.05, 3.63) is 71.2 Å². The van der Waals surface area contributed by atoms with Crippen LogP contribution in [0.3, 0.4) is 0 Å². The number of aryl methyl sites for hydroxylation is 2. The van der Waals surface area contributed by atoms with Crippen LogP contribution in [0.5, 0.6) is 0 Å². The fourth-order valence-corrected chi connectivity index (χ4v) is 3.17. The summed E-state index contributed by atoms with van der Waals surface area (Å²) in [6, 6.07) is 13.3. The quantitative estimate of drug-likeness (QED) is 0.610. The molecule has 8 heteroatoms. The van der Waals surface area contributed by atoms with Crippen molar-refractivity contribution < 1.29 is 14.0 Å². The Kier molecular flexibility index (Phi) is 6.81. The number of nitrogens with zero attached hydrogens (tertiary/aromatic N) is 3. The van der Waals surface area contributed by atoms with E-state index in [-0.39, 0.29) is 30.7 Å². The molecule has 2 amide bonds. The highest BCUT2D eigenvalue weighted by Gasteiger charge is 2.15. The summed E-state index contributed by atoms with van der Waals surface area (Å²) in [5.74, 6) is -0.359. The predicted molar refractivity (Wildman–Crippen MR) is 119 cm³/mol. The largest absolute Gasteiger partial charge is 0.325 e. The molecular weight excluding hydrogens is 397 g/mol. The Morgan fingerprint density at radius 2 is 1.65 bits per heavy atom. The number of halogens is 1. The molecule has 1 aromatic heterocycles. The molecule has 0 aliphatic heterocycles. The first-order chi connectivity index (χ1) is 14.7. The summed E-state index contributed by atoms with van der Waals surface area (Å²) >= 11 is 0. The predicted octanol–water partition coefficient (Wildman–Crippen LogP) is 3.45. The third-order valence-corrected chi connectivity index (χ3v) is 4.88. The number of likely N-dealkylation sites (N-methyl/N-ethyl adjacent to an activating group) is 1. The van der Waals surface area contributed by atoms with Crippen molar-refractivity contribution in [3.8, 4) is 5.69 Å². The first-order valence-electron chi connectivity index (χ1n) is 9.90. The van der Waals surface area contributed by atoms with Gasteiger partial charge in [0.25, 0.3) is 0 Å². The second-order valence-electron chi connectivity index (χ2n) is 7.58. The molecule has 0 unspecified atom stereocenters. The second kappa shape index (κ2) is 9.53. The molecule has 0 saturated carbocycles. The first-order valence-corrected chi connectivity index (χ1v) is 9.90. The molecular formula is C23H26FN5O2. The molecule has 0 saturated heterocycles. The smallest absolute Gasteiger partial charge is 0.239 e. The standard InChI is InChI=1S/C23H26FN5O2/c1-15-6-5-7-20(17(15)3)25-22(30)13-28(4)14-23(31)26-21-12-16(2)27-29(21)19-10-8-18(24)9-11-19/h5-12H,13-14H2,1-4H3,(H,25,30)(H,26,31). The Balaban J connectivity index is 1.59. The van der Waals surface area contributed by atoms with Gasteiger partial charge in [0, 0.05) is 11.8 Å². The molecule has 0 radical (unpaired) electrons. The molecule has 0 aliphatic carbocycles. The van der Waals surface area contributed by atoms with E-state index in [2.05, 4.69) is 15.7 Å². The lowest BCUT2D eigenvalue weighted by atomic mass is 10.1. The molecule has 0 aliphatic rings. The van der Waals surface area contributed by atoms with E-state index >= 15 is 0 Å². The summed E-state index contributed by atoms with van der Waals surface area (Å²) in [5.41, 5.74) is 4.22. The topological polar surface area (TPSA) is 79.3 Å². The van der Waals surface area contributed by atoms with Gasteiger partial charge in [-0.2, -0.15) is 5.10 Å². The molecule has 0 fully saturated rings. The average molecular weight is 423 g/mol. The number of aromatic nitrogens is 2. The van der Waals surface area contributed by atoms with Gasteiger partial charge in [-0.25, -0.2) is 9.07 Å². The number of benzene rings is 2. The van der Waals surface area contributed by atoms with Gasteiger partial charge < -0.3 is 10.6 Å². The highest BCUT2D eigenvalue weighted by Crippen LogP contribution is 2.19. The normalized spacial score (nSPS) is 10.9. The molecule has 2 N–H and O–H groups in total. The Bertz CT molecular complexity index is 1090. The number of nitrogens with one attached hydrogen (secondary N) is 2. The van der Waals surface area contributed by atoms with Crippen molar-refractivity contribution in [2.45, 2.75) is 20.8 Å². The Morgan fingerprint density at radius 3 is 2.32 bits per heavy atom. The van der Waals surface area contributed by atoms with Crippen LogP contribution < -0.4 is 10.6 Å². The van der Waals surface area contributed by atoms with Gasteiger partial charge in [0.2, 0.25) is 11.8 Å². The van der Waals surface area contributed by atoms with Gasteiger partial charge in [-0.3, -0.25) is 14.5 Å². The van der Waals surface area contributed by atoms with Gasteiger partial charge >= 0.3 is 0 Å². The minimum Gasteiger partial charge on any atom is -0.325 e. The van der Waals surface area contributed by atoms with E-state index in [4.69, 9.17) is 0 Å². The monoisotopic (exact) mass is 423 g/mol. The van der Waals surface area contributed by atoms with Crippen LogP contribution in [-0.2, 0) is 9.59 Å². The fraction of sp³-hybridized carbons (Fsp3) is 0.261. The lowest BCUT2D eigenvalue weighted by molar-refractivity contribution is -0.119. The first kappa shape index (κ1) is 22.2. The van der Waals surface area contributed by atoms with Crippen molar-refractivity contribution in [2.24, 2.45) is 0 Å². The van der Waals surface area contributed by atoms with E-state index in [0.29, 0.717) is 17.2 Å². The third kappa shape index (κ3) is 5.76. The van der Waals surface area contributed by atoms with Crippen LogP contribution in [0.4, 0.5) is 15.9 Å². The summed E-state index contributed by atoms with van der Waals surface area (Å²) in [4.78, 5) is 26.5. The number of carbonyl (C=O) groups is 2. The number of anilines is 2. The molecule has 0 spiro atoms. The van der Waals surface area contributed by atoms with E-state index in [1.807, 2.05) is 32.0 Å². The Hall–Kier alpha value is -3.52. The number of rotatable bonds is 7. The van der Waals surface area contributed by atoms with Gasteiger partial charge in [0.15, 0.2) is 0 Å². The van der Waals surface area contributed by atoms with Crippen molar-refractivity contribution >= 4 is 23.3 Å². The number of hydrogen-bond acceptors (Lipinski definition) is 4. The van der Waals surface area contributed by atoms with E-state index in [0.717, 1.165) is 16.8 Å². The number of amides is 2. The minimum absolute atomic E-state index is 0.0217. The van der Waals surface area contributed by atoms with Crippen LogP contribution in [0.1, 0.15) is 16.8 Å². The fourth-order valence-electron chi connectivity index (χ4n) is 3.17. The van der Waals surface area contributed by atoms with Gasteiger partial charge in [0.1, 0.15) is 11.6 Å². The van der Waals surface area contributed by atoms with Crippen molar-refractivity contribution in [2.75, 3.05) is 30.8 Å². The molecule has 3 rings (SSSR count). The molecule has 1 heterocycles. The molecule has 0 bridgehead atoms. The maximum absolute atomic E-state index is 13.2. The van der Waals surface area contributed by atoms with Crippen LogP contribution in [0, 0.1) is 26.6 Å². The van der Waals surface area contributed by atoms with Gasteiger partial charge in [0.05, 0.1) is 24.5 Å². The molecule has 3 aromatic rings. The Labute approximate surface area is 180 Å². The van der Waals surface area contributed by atoms with Gasteiger partial charge in [-0.15, -0.1) is 0 Å². The maximum atomic E-state index is 13.2. The van der Waals surface area contributed by atoms with Crippen molar-refractivity contribution in [3.63, 3.8) is 0 Å². The van der Waals surface area contributed by atoms with Crippen LogP contribution >= 0.6 is 0 Å². The zero-order valence-corrected chi connectivity index (χ0v) is 18.1. The molecule has 31 heavy (non-hydrogen) atoms. The third-order valence-electron chi connectivity index (χ3n) is 4.88. The molecule has 162 valence electrons. The van der Waals surface area contributed by atoms with E-state index < -0.39 is 0 Å². The summed E-state index contributed by atoms with van der Waals surface area (Å²) in [5, 5.41) is 10.1. The molecule has 2 aromatic carbocycles. The maximum Gasteiger partial charge on any atom is 0.239 e. The summed E-state index contributed by atoms with van der Waals surface area (Å²) in [6.45, 7) is 5.83. The zero-order valence-electron chi connectivity index (χ0n) is 18.1. The second-order valence-corrected chi connectivity index (χ2v) is 7.58. The van der Waals surface area contributed by atoms with E-state index in [9.17, 15) is 14.0 Å². The van der Waals surface area contributed by atoms with Gasteiger partial charge in [-0.05, 0) is 69.3 Å². The van der Waals surface area contributed by atoms with Gasteiger partial charge in [-0.1, -0.05) is 12.1 Å². The van der Waals surface area contributed by atoms with Crippen LogP contribution in [0.25, 0.3) is 5.69 Å². The van der Waals surface area contributed by atoms with Crippen molar-refractivity contribution in [1.29, 1.82) is 0 Å². The van der Waals surface area contributed by atoms with Crippen LogP contribution in [-0.4, -0.2) is 46.6 Å². The lowest BCUT2D eigenvalue weighted by Gasteiger charge is -2.17. The summed E-state index contributed by atoms with van der Waals surface area (Å²) in [6.07, 6.45) is 0. The lowest BCUT2D eigenvalue weighted by Crippen LogP contribution is -2.36. The zero-order chi connectivity index (χ0) is 22.5. The summed E-state index contributed by atoms with van der Waals surface area (Å²) < 4.78 is 14.7. The highest BCUT2D eigenvalue weighted by molar-refractivity contribution is 5.95. The average Bonchev–Trinajstić information content (AvgIpc) is 3.05. The SMILES string of the molecule is Cc1cc(NC(=O)CN(C)CC(=O)Nc2cccc(C)c2C)n(-c2ccc(F)cc2)n1. The van der Waals surface area contributed by atoms with Crippen LogP contribution in [0.2, 0.25) is 0 Å². The summed E-state index contributed by atoms with van der Waals surface area (Å²) in [7, 11) is 1.70. The van der Waals surface area contributed by atoms with Crippen LogP contribution in [0.15, 0.2) is 48.5 Å². The number of carbonyl (C=O) groups excluding carboxylic acids is 2. The molecule has 0 atom stereocenters. The van der Waals surface area contributed by atoms with E-state index in [1.54, 1.807) is 41.8 Å². The number of hydrogen-bond donors (Lipinski definition) is 2. The minimum atomic E-state index is -0.348.